The van der Waals surface area contributed by atoms with Gasteiger partial charge in [0, 0.05) is 6.54 Å². The van der Waals surface area contributed by atoms with Crippen LogP contribution in [-0.2, 0) is 19.4 Å². The Balaban J connectivity index is 3.98. The first kappa shape index (κ1) is 15.9. The minimum atomic E-state index is -4.55. The fraction of sp³-hybridized carbons (Fsp3) is 0.667. The van der Waals surface area contributed by atoms with Crippen LogP contribution in [0.15, 0.2) is 11.8 Å². The fourth-order valence-electron chi connectivity index (χ4n) is 0.923. The van der Waals surface area contributed by atoms with Crippen molar-refractivity contribution in [3.8, 4) is 0 Å². The van der Waals surface area contributed by atoms with Crippen molar-refractivity contribution < 1.29 is 21.9 Å². The molecule has 0 radical (unpaired) electrons. The molecule has 1 amide bonds. The molecular weight excluding hydrogens is 248 g/mol. The average molecular weight is 266 g/mol. The minimum absolute atomic E-state index is 0.0625. The van der Waals surface area contributed by atoms with Crippen LogP contribution < -0.4 is 5.32 Å². The molecule has 0 aliphatic rings. The van der Waals surface area contributed by atoms with Crippen molar-refractivity contribution in [3.63, 3.8) is 0 Å². The Morgan fingerprint density at radius 3 is 2.53 bits per heavy atom. The van der Waals surface area contributed by atoms with Gasteiger partial charge in [-0.15, -0.1) is 0 Å². The Morgan fingerprint density at radius 2 is 2.06 bits per heavy atom. The molecule has 0 fully saturated rings. The van der Waals surface area contributed by atoms with Gasteiger partial charge in [-0.05, 0) is 34.0 Å². The van der Waals surface area contributed by atoms with Gasteiger partial charge in [-0.25, -0.2) is 0 Å². The predicted molar refractivity (Wildman–Crippen MR) is 62.6 cm³/mol. The number of amides is 1. The summed E-state index contributed by atoms with van der Waals surface area (Å²) in [6.07, 6.45) is 1.47. The van der Waals surface area contributed by atoms with Crippen molar-refractivity contribution in [2.24, 2.45) is 0 Å². The van der Waals surface area contributed by atoms with E-state index in [-0.39, 0.29) is 5.57 Å². The molecule has 0 heterocycles. The van der Waals surface area contributed by atoms with Gasteiger partial charge >= 0.3 is 10.4 Å². The summed E-state index contributed by atoms with van der Waals surface area (Å²) in [5.74, 6) is -0.438. The maximum absolute atomic E-state index is 11.4. The molecule has 0 spiro atoms. The molecule has 0 atom stereocenters. The number of nitrogens with one attached hydrogen (secondary N) is 1. The van der Waals surface area contributed by atoms with Gasteiger partial charge < -0.3 is 14.4 Å². The summed E-state index contributed by atoms with van der Waals surface area (Å²) >= 11 is 0. The lowest BCUT2D eigenvalue weighted by Crippen LogP contribution is -2.27. The standard InChI is InChI=1S/C9H18N2O5S/c1-8(7-16-17(13,14)15)9(12)10-5-4-6-11(2)3/h7H,4-6H2,1-3H3,(H,10,12)(H,13,14,15). The van der Waals surface area contributed by atoms with E-state index in [2.05, 4.69) is 9.50 Å². The second-order valence-electron chi connectivity index (χ2n) is 3.74. The summed E-state index contributed by atoms with van der Waals surface area (Å²) in [6, 6.07) is 0. The molecule has 0 aliphatic heterocycles. The second kappa shape index (κ2) is 7.25. The monoisotopic (exact) mass is 266 g/mol. The fourth-order valence-corrected chi connectivity index (χ4v) is 1.19. The summed E-state index contributed by atoms with van der Waals surface area (Å²) in [4.78, 5) is 13.3. The molecule has 0 bridgehead atoms. The third-order valence-electron chi connectivity index (χ3n) is 1.77. The first-order valence-electron chi connectivity index (χ1n) is 4.98. The molecule has 0 aromatic heterocycles. The Hall–Kier alpha value is -1.12. The average Bonchev–Trinajstić information content (AvgIpc) is 2.19. The van der Waals surface area contributed by atoms with Gasteiger partial charge in [0.15, 0.2) is 0 Å². The van der Waals surface area contributed by atoms with Crippen LogP contribution in [0.1, 0.15) is 13.3 Å². The minimum Gasteiger partial charge on any atom is -0.369 e. The predicted octanol–water partition coefficient (Wildman–Crippen LogP) is -0.222. The van der Waals surface area contributed by atoms with Gasteiger partial charge in [0.05, 0.1) is 5.57 Å². The van der Waals surface area contributed by atoms with Crippen LogP contribution in [0.3, 0.4) is 0 Å². The number of hydrogen-bond donors (Lipinski definition) is 2. The lowest BCUT2D eigenvalue weighted by Gasteiger charge is -2.09. The van der Waals surface area contributed by atoms with Gasteiger partial charge in [-0.2, -0.15) is 8.42 Å². The molecule has 0 unspecified atom stereocenters. The van der Waals surface area contributed by atoms with Crippen LogP contribution in [-0.4, -0.2) is 51.0 Å². The van der Waals surface area contributed by atoms with E-state index in [4.69, 9.17) is 4.55 Å². The van der Waals surface area contributed by atoms with Gasteiger partial charge in [-0.3, -0.25) is 9.35 Å². The highest BCUT2D eigenvalue weighted by atomic mass is 32.3. The largest absolute Gasteiger partial charge is 0.445 e. The van der Waals surface area contributed by atoms with Crippen LogP contribution in [0.5, 0.6) is 0 Å². The van der Waals surface area contributed by atoms with Gasteiger partial charge in [0.2, 0.25) is 5.91 Å². The Kier molecular flexibility index (Phi) is 6.78. The van der Waals surface area contributed by atoms with Crippen molar-refractivity contribution in [1.29, 1.82) is 0 Å². The van der Waals surface area contributed by atoms with Crippen LogP contribution in [0, 0.1) is 0 Å². The second-order valence-corrected chi connectivity index (χ2v) is 4.79. The molecule has 2 N–H and O–H groups in total. The van der Waals surface area contributed by atoms with Crippen LogP contribution >= 0.6 is 0 Å². The molecule has 100 valence electrons. The van der Waals surface area contributed by atoms with Gasteiger partial charge in [0.1, 0.15) is 6.26 Å². The van der Waals surface area contributed by atoms with Crippen molar-refractivity contribution >= 4 is 16.3 Å². The quantitative estimate of drug-likeness (QED) is 0.286. The summed E-state index contributed by atoms with van der Waals surface area (Å²) < 4.78 is 32.7. The molecule has 17 heavy (non-hydrogen) atoms. The molecule has 0 saturated heterocycles. The van der Waals surface area contributed by atoms with E-state index < -0.39 is 16.3 Å². The van der Waals surface area contributed by atoms with E-state index in [1.165, 1.54) is 6.92 Å². The maximum atomic E-state index is 11.4. The highest BCUT2D eigenvalue weighted by Crippen LogP contribution is 1.96. The van der Waals surface area contributed by atoms with E-state index in [9.17, 15) is 13.2 Å². The van der Waals surface area contributed by atoms with E-state index in [0.717, 1.165) is 13.0 Å². The van der Waals surface area contributed by atoms with Crippen molar-refractivity contribution in [2.45, 2.75) is 13.3 Å². The molecule has 0 rings (SSSR count). The SMILES string of the molecule is CC(=COS(=O)(=O)O)C(=O)NCCCN(C)C. The molecule has 7 nitrogen and oxygen atoms in total. The van der Waals surface area contributed by atoms with Gasteiger partial charge in [0.25, 0.3) is 0 Å². The highest BCUT2D eigenvalue weighted by molar-refractivity contribution is 7.81. The Labute approximate surface area is 101 Å². The zero-order chi connectivity index (χ0) is 13.5. The topological polar surface area (TPSA) is 95.9 Å². The highest BCUT2D eigenvalue weighted by Gasteiger charge is 2.07. The molecular formula is C9H18N2O5S. The maximum Gasteiger partial charge on any atom is 0.445 e. The summed E-state index contributed by atoms with van der Waals surface area (Å²) in [6.45, 7) is 2.70. The Bertz CT molecular complexity index is 375. The smallest absolute Gasteiger partial charge is 0.369 e. The summed E-state index contributed by atoms with van der Waals surface area (Å²) in [5, 5.41) is 2.58. The number of carbonyl (C=O) groups excluding carboxylic acids is 1. The lowest BCUT2D eigenvalue weighted by atomic mass is 10.3. The van der Waals surface area contributed by atoms with E-state index in [0.29, 0.717) is 12.8 Å². The summed E-state index contributed by atoms with van der Waals surface area (Å²) in [5.41, 5.74) is 0.0625. The van der Waals surface area contributed by atoms with E-state index >= 15 is 0 Å². The zero-order valence-corrected chi connectivity index (χ0v) is 11.0. The van der Waals surface area contributed by atoms with Crippen LogP contribution in [0.25, 0.3) is 0 Å². The van der Waals surface area contributed by atoms with Crippen molar-refractivity contribution in [2.75, 3.05) is 27.2 Å². The zero-order valence-electron chi connectivity index (χ0n) is 10.1. The van der Waals surface area contributed by atoms with E-state index in [1.807, 2.05) is 19.0 Å². The van der Waals surface area contributed by atoms with Crippen molar-refractivity contribution in [3.05, 3.63) is 11.8 Å². The van der Waals surface area contributed by atoms with Crippen LogP contribution in [0.2, 0.25) is 0 Å². The first-order valence-corrected chi connectivity index (χ1v) is 6.34. The van der Waals surface area contributed by atoms with Crippen molar-refractivity contribution in [1.82, 2.24) is 10.2 Å². The molecule has 8 heteroatoms. The Morgan fingerprint density at radius 1 is 1.47 bits per heavy atom. The van der Waals surface area contributed by atoms with Gasteiger partial charge in [-0.1, -0.05) is 0 Å². The number of rotatable bonds is 7. The van der Waals surface area contributed by atoms with Crippen LogP contribution in [0.4, 0.5) is 0 Å². The normalized spacial score (nSPS) is 12.6. The number of nitrogens with zero attached hydrogens (tertiary/aromatic N) is 1. The third kappa shape index (κ3) is 9.79. The van der Waals surface area contributed by atoms with E-state index in [1.54, 1.807) is 0 Å². The molecule has 0 aromatic rings. The molecule has 0 aliphatic carbocycles. The molecule has 0 aromatic carbocycles. The lowest BCUT2D eigenvalue weighted by molar-refractivity contribution is -0.117. The molecule has 0 saturated carbocycles. The first-order chi connectivity index (χ1) is 7.72. The third-order valence-corrected chi connectivity index (χ3v) is 2.11. The number of hydrogen-bond acceptors (Lipinski definition) is 5. The summed E-state index contributed by atoms with van der Waals surface area (Å²) in [7, 11) is -0.705. The number of carbonyl (C=O) groups is 1.